The van der Waals surface area contributed by atoms with Gasteiger partial charge in [-0.15, -0.1) is 0 Å². The highest BCUT2D eigenvalue weighted by Crippen LogP contribution is 2.38. The van der Waals surface area contributed by atoms with Crippen LogP contribution in [0.1, 0.15) is 30.9 Å². The molecule has 2 aliphatic rings. The minimum absolute atomic E-state index is 0.114. The van der Waals surface area contributed by atoms with Crippen LogP contribution in [0.25, 0.3) is 0 Å². The summed E-state index contributed by atoms with van der Waals surface area (Å²) in [5.41, 5.74) is 7.11. The molecule has 1 aliphatic carbocycles. The molecule has 1 heterocycles. The monoisotopic (exact) mass is 274 g/mol. The number of aliphatic hydroxyl groups is 1. The lowest BCUT2D eigenvalue weighted by Gasteiger charge is -2.20. The van der Waals surface area contributed by atoms with E-state index in [1.54, 1.807) is 0 Å². The second-order valence-electron chi connectivity index (χ2n) is 6.09. The van der Waals surface area contributed by atoms with Crippen molar-refractivity contribution in [3.63, 3.8) is 0 Å². The molecule has 4 atom stereocenters. The van der Waals surface area contributed by atoms with E-state index in [0.717, 1.165) is 24.9 Å². The maximum absolute atomic E-state index is 12.3. The summed E-state index contributed by atoms with van der Waals surface area (Å²) in [6, 6.07) is 9.50. The minimum Gasteiger partial charge on any atom is -0.393 e. The molecule has 108 valence electrons. The lowest BCUT2D eigenvalue weighted by molar-refractivity contribution is -0.131. The first-order chi connectivity index (χ1) is 9.65. The Bertz CT molecular complexity index is 477. The summed E-state index contributed by atoms with van der Waals surface area (Å²) >= 11 is 0. The minimum atomic E-state index is -0.242. The van der Waals surface area contributed by atoms with Gasteiger partial charge in [-0.1, -0.05) is 30.3 Å². The van der Waals surface area contributed by atoms with Crippen LogP contribution >= 0.6 is 0 Å². The number of aliphatic hydroxyl groups excluding tert-OH is 1. The number of rotatable bonds is 3. The van der Waals surface area contributed by atoms with Crippen molar-refractivity contribution in [2.24, 2.45) is 17.6 Å². The number of hydrogen-bond donors (Lipinski definition) is 2. The van der Waals surface area contributed by atoms with Crippen molar-refractivity contribution in [3.05, 3.63) is 35.9 Å². The molecule has 4 nitrogen and oxygen atoms in total. The second kappa shape index (κ2) is 5.54. The zero-order valence-electron chi connectivity index (χ0n) is 11.6. The van der Waals surface area contributed by atoms with Gasteiger partial charge < -0.3 is 15.7 Å². The highest BCUT2D eigenvalue weighted by atomic mass is 16.3. The van der Waals surface area contributed by atoms with Gasteiger partial charge in [0, 0.05) is 31.5 Å². The third-order valence-electron chi connectivity index (χ3n) is 4.79. The number of hydrogen-bond acceptors (Lipinski definition) is 3. The van der Waals surface area contributed by atoms with Crippen molar-refractivity contribution in [2.45, 2.75) is 31.4 Å². The third-order valence-corrected chi connectivity index (χ3v) is 4.79. The fraction of sp³-hybridized carbons (Fsp3) is 0.562. The Balaban J connectivity index is 1.58. The fourth-order valence-electron chi connectivity index (χ4n) is 3.58. The summed E-state index contributed by atoms with van der Waals surface area (Å²) in [7, 11) is 0. The molecule has 1 aromatic carbocycles. The van der Waals surface area contributed by atoms with E-state index in [9.17, 15) is 9.90 Å². The van der Waals surface area contributed by atoms with Gasteiger partial charge in [0.1, 0.15) is 0 Å². The van der Waals surface area contributed by atoms with E-state index < -0.39 is 0 Å². The summed E-state index contributed by atoms with van der Waals surface area (Å²) in [5, 5.41) is 9.90. The molecule has 1 amide bonds. The highest BCUT2D eigenvalue weighted by Gasteiger charge is 2.43. The Morgan fingerprint density at radius 2 is 2.05 bits per heavy atom. The zero-order chi connectivity index (χ0) is 14.1. The number of nitrogens with two attached hydrogens (primary N) is 1. The normalized spacial score (nSPS) is 30.3. The first-order valence-corrected chi connectivity index (χ1v) is 7.41. The zero-order valence-corrected chi connectivity index (χ0v) is 11.6. The fourth-order valence-corrected chi connectivity index (χ4v) is 3.58. The van der Waals surface area contributed by atoms with E-state index in [1.807, 2.05) is 35.2 Å². The molecule has 1 aromatic rings. The number of fused-ring (bicyclic) bond motifs is 1. The Hall–Kier alpha value is -1.39. The van der Waals surface area contributed by atoms with Crippen LogP contribution in [0.4, 0.5) is 0 Å². The number of amides is 1. The van der Waals surface area contributed by atoms with Crippen LogP contribution < -0.4 is 5.73 Å². The average molecular weight is 274 g/mol. The lowest BCUT2D eigenvalue weighted by Crippen LogP contribution is -2.33. The SMILES string of the molecule is NC(CC(=O)N1CC2CCC(O)C2C1)c1ccccc1. The van der Waals surface area contributed by atoms with Crippen molar-refractivity contribution < 1.29 is 9.90 Å². The van der Waals surface area contributed by atoms with Gasteiger partial charge in [-0.05, 0) is 24.3 Å². The molecular weight excluding hydrogens is 252 g/mol. The number of likely N-dealkylation sites (tertiary alicyclic amines) is 1. The van der Waals surface area contributed by atoms with Crippen LogP contribution in [0.3, 0.4) is 0 Å². The van der Waals surface area contributed by atoms with Crippen molar-refractivity contribution >= 4 is 5.91 Å². The molecule has 0 aromatic heterocycles. The summed E-state index contributed by atoms with van der Waals surface area (Å²) in [4.78, 5) is 14.2. The first kappa shape index (κ1) is 13.6. The smallest absolute Gasteiger partial charge is 0.224 e. The molecule has 1 saturated heterocycles. The van der Waals surface area contributed by atoms with Crippen molar-refractivity contribution in [1.29, 1.82) is 0 Å². The van der Waals surface area contributed by atoms with Gasteiger partial charge in [0.05, 0.1) is 6.10 Å². The second-order valence-corrected chi connectivity index (χ2v) is 6.09. The van der Waals surface area contributed by atoms with E-state index in [4.69, 9.17) is 5.73 Å². The predicted molar refractivity (Wildman–Crippen MR) is 76.8 cm³/mol. The standard InChI is InChI=1S/C16H22N2O2/c17-14(11-4-2-1-3-5-11)8-16(20)18-9-12-6-7-15(19)13(12)10-18/h1-5,12-15,19H,6-10,17H2. The molecule has 3 rings (SSSR count). The molecule has 1 saturated carbocycles. The topological polar surface area (TPSA) is 66.6 Å². The molecule has 1 aliphatic heterocycles. The molecule has 20 heavy (non-hydrogen) atoms. The Labute approximate surface area is 119 Å². The molecule has 2 fully saturated rings. The van der Waals surface area contributed by atoms with Crippen molar-refractivity contribution in [3.8, 4) is 0 Å². The first-order valence-electron chi connectivity index (χ1n) is 7.41. The van der Waals surface area contributed by atoms with Gasteiger partial charge in [0.15, 0.2) is 0 Å². The molecule has 0 radical (unpaired) electrons. The number of benzene rings is 1. The van der Waals surface area contributed by atoms with E-state index in [2.05, 4.69) is 0 Å². The average Bonchev–Trinajstić information content (AvgIpc) is 3.02. The van der Waals surface area contributed by atoms with Crippen LogP contribution in [0.5, 0.6) is 0 Å². The van der Waals surface area contributed by atoms with Crippen LogP contribution in [0.15, 0.2) is 30.3 Å². The third kappa shape index (κ3) is 2.58. The largest absolute Gasteiger partial charge is 0.393 e. The van der Waals surface area contributed by atoms with Crippen LogP contribution in [-0.4, -0.2) is 35.1 Å². The Morgan fingerprint density at radius 3 is 2.75 bits per heavy atom. The van der Waals surface area contributed by atoms with E-state index >= 15 is 0 Å². The summed E-state index contributed by atoms with van der Waals surface area (Å²) in [5.74, 6) is 0.886. The lowest BCUT2D eigenvalue weighted by atomic mass is 10.00. The predicted octanol–water partition coefficient (Wildman–Crippen LogP) is 1.31. The molecule has 0 bridgehead atoms. The highest BCUT2D eigenvalue weighted by molar-refractivity contribution is 5.77. The van der Waals surface area contributed by atoms with Gasteiger partial charge in [0.2, 0.25) is 5.91 Å². The van der Waals surface area contributed by atoms with Crippen LogP contribution in [0, 0.1) is 11.8 Å². The number of nitrogens with zero attached hydrogens (tertiary/aromatic N) is 1. The van der Waals surface area contributed by atoms with E-state index in [1.165, 1.54) is 0 Å². The molecule has 4 heteroatoms. The van der Waals surface area contributed by atoms with Crippen LogP contribution in [0.2, 0.25) is 0 Å². The maximum atomic E-state index is 12.3. The quantitative estimate of drug-likeness (QED) is 0.873. The molecule has 0 spiro atoms. The van der Waals surface area contributed by atoms with Gasteiger partial charge in [-0.3, -0.25) is 4.79 Å². The number of carbonyl (C=O) groups excluding carboxylic acids is 1. The van der Waals surface area contributed by atoms with E-state index in [-0.39, 0.29) is 24.0 Å². The van der Waals surface area contributed by atoms with E-state index in [0.29, 0.717) is 18.9 Å². The van der Waals surface area contributed by atoms with Gasteiger partial charge in [-0.2, -0.15) is 0 Å². The van der Waals surface area contributed by atoms with Crippen LogP contribution in [-0.2, 0) is 4.79 Å². The van der Waals surface area contributed by atoms with Gasteiger partial charge >= 0.3 is 0 Å². The summed E-state index contributed by atoms with van der Waals surface area (Å²) in [6.45, 7) is 1.49. The Kier molecular flexibility index (Phi) is 3.76. The molecule has 4 unspecified atom stereocenters. The summed E-state index contributed by atoms with van der Waals surface area (Å²) < 4.78 is 0. The Morgan fingerprint density at radius 1 is 1.30 bits per heavy atom. The molecule has 3 N–H and O–H groups in total. The summed E-state index contributed by atoms with van der Waals surface area (Å²) in [6.07, 6.45) is 2.06. The van der Waals surface area contributed by atoms with Gasteiger partial charge in [0.25, 0.3) is 0 Å². The molecular formula is C16H22N2O2. The van der Waals surface area contributed by atoms with Gasteiger partial charge in [-0.25, -0.2) is 0 Å². The van der Waals surface area contributed by atoms with Crippen molar-refractivity contribution in [1.82, 2.24) is 4.90 Å². The van der Waals surface area contributed by atoms with Crippen molar-refractivity contribution in [2.75, 3.05) is 13.1 Å². The maximum Gasteiger partial charge on any atom is 0.224 e. The number of carbonyl (C=O) groups is 1.